The molecule has 6 heteroatoms. The lowest BCUT2D eigenvalue weighted by molar-refractivity contribution is 0.316. The van der Waals surface area contributed by atoms with Gasteiger partial charge in [0.1, 0.15) is 18.0 Å². The van der Waals surface area contributed by atoms with E-state index in [1.807, 2.05) is 24.9 Å². The number of hydrogen-bond acceptors (Lipinski definition) is 5. The standard InChI is InChI=1S/C12H21N5O/c1-8(2)10-6-12(15-7-14-10)17(4)9(3)5-11(13)16-18/h6-9,18H,5H2,1-4H3,(H2,13,16). The first-order chi connectivity index (χ1) is 8.45. The van der Waals surface area contributed by atoms with Crippen LogP contribution < -0.4 is 10.6 Å². The predicted octanol–water partition coefficient (Wildman–Crippen LogP) is 1.56. The van der Waals surface area contributed by atoms with Crippen LogP contribution in [0.5, 0.6) is 0 Å². The van der Waals surface area contributed by atoms with E-state index in [9.17, 15) is 0 Å². The van der Waals surface area contributed by atoms with Gasteiger partial charge in [-0.3, -0.25) is 0 Å². The molecule has 0 saturated heterocycles. The molecule has 1 aromatic heterocycles. The Morgan fingerprint density at radius 2 is 2.11 bits per heavy atom. The Morgan fingerprint density at radius 1 is 1.44 bits per heavy atom. The van der Waals surface area contributed by atoms with Crippen molar-refractivity contribution in [3.05, 3.63) is 18.1 Å². The van der Waals surface area contributed by atoms with Crippen LogP contribution in [0, 0.1) is 0 Å². The predicted molar refractivity (Wildman–Crippen MR) is 72.0 cm³/mol. The van der Waals surface area contributed by atoms with Gasteiger partial charge in [-0.15, -0.1) is 0 Å². The molecule has 18 heavy (non-hydrogen) atoms. The zero-order chi connectivity index (χ0) is 13.7. The van der Waals surface area contributed by atoms with Gasteiger partial charge in [-0.1, -0.05) is 19.0 Å². The van der Waals surface area contributed by atoms with E-state index in [1.165, 1.54) is 0 Å². The van der Waals surface area contributed by atoms with Gasteiger partial charge >= 0.3 is 0 Å². The molecule has 1 unspecified atom stereocenters. The maximum absolute atomic E-state index is 8.57. The van der Waals surface area contributed by atoms with Crippen molar-refractivity contribution in [3.8, 4) is 0 Å². The highest BCUT2D eigenvalue weighted by Crippen LogP contribution is 2.18. The molecule has 0 aliphatic heterocycles. The zero-order valence-corrected chi connectivity index (χ0v) is 11.3. The van der Waals surface area contributed by atoms with Gasteiger partial charge in [-0.2, -0.15) is 0 Å². The molecule has 0 aliphatic carbocycles. The summed E-state index contributed by atoms with van der Waals surface area (Å²) in [6.45, 7) is 6.17. The van der Waals surface area contributed by atoms with E-state index in [-0.39, 0.29) is 11.9 Å². The van der Waals surface area contributed by atoms with E-state index in [4.69, 9.17) is 10.9 Å². The minimum absolute atomic E-state index is 0.0933. The van der Waals surface area contributed by atoms with Crippen LogP contribution in [0.3, 0.4) is 0 Å². The second-order valence-electron chi connectivity index (χ2n) is 4.71. The van der Waals surface area contributed by atoms with E-state index in [2.05, 4.69) is 29.0 Å². The second kappa shape index (κ2) is 6.18. The molecule has 3 N–H and O–H groups in total. The molecule has 6 nitrogen and oxygen atoms in total. The molecule has 1 rings (SSSR count). The van der Waals surface area contributed by atoms with E-state index < -0.39 is 0 Å². The third-order valence-corrected chi connectivity index (χ3v) is 2.92. The van der Waals surface area contributed by atoms with Crippen molar-refractivity contribution in [2.75, 3.05) is 11.9 Å². The van der Waals surface area contributed by atoms with Crippen molar-refractivity contribution in [2.45, 2.75) is 39.2 Å². The highest BCUT2D eigenvalue weighted by Gasteiger charge is 2.14. The number of anilines is 1. The van der Waals surface area contributed by atoms with Crippen LogP contribution in [0.15, 0.2) is 17.5 Å². The van der Waals surface area contributed by atoms with Gasteiger partial charge in [0.2, 0.25) is 0 Å². The lowest BCUT2D eigenvalue weighted by Crippen LogP contribution is -2.33. The molecule has 0 bridgehead atoms. The van der Waals surface area contributed by atoms with Crippen LogP contribution >= 0.6 is 0 Å². The summed E-state index contributed by atoms with van der Waals surface area (Å²) in [6.07, 6.45) is 2.05. The molecule has 0 spiro atoms. The summed E-state index contributed by atoms with van der Waals surface area (Å²) in [4.78, 5) is 10.5. The van der Waals surface area contributed by atoms with Gasteiger partial charge in [0, 0.05) is 31.3 Å². The molecule has 0 saturated carbocycles. The number of nitrogens with two attached hydrogens (primary N) is 1. The summed E-state index contributed by atoms with van der Waals surface area (Å²) in [5.41, 5.74) is 6.51. The number of rotatable bonds is 5. The lowest BCUT2D eigenvalue weighted by Gasteiger charge is -2.25. The Labute approximate surface area is 108 Å². The molecule has 1 atom stereocenters. The molecule has 100 valence electrons. The first-order valence-electron chi connectivity index (χ1n) is 5.96. The fourth-order valence-corrected chi connectivity index (χ4v) is 1.58. The lowest BCUT2D eigenvalue weighted by atomic mass is 10.1. The summed E-state index contributed by atoms with van der Waals surface area (Å²) < 4.78 is 0. The molecule has 0 aromatic carbocycles. The van der Waals surface area contributed by atoms with Crippen molar-refractivity contribution < 1.29 is 5.21 Å². The van der Waals surface area contributed by atoms with Crippen LogP contribution in [0.1, 0.15) is 38.8 Å². The van der Waals surface area contributed by atoms with Crippen LogP contribution in [-0.2, 0) is 0 Å². The number of amidine groups is 1. The van der Waals surface area contributed by atoms with Crippen LogP contribution in [-0.4, -0.2) is 34.1 Å². The highest BCUT2D eigenvalue weighted by atomic mass is 16.4. The molecule has 1 aromatic rings. The average Bonchev–Trinajstić information content (AvgIpc) is 2.37. The van der Waals surface area contributed by atoms with Gasteiger partial charge in [-0.25, -0.2) is 9.97 Å². The Hall–Kier alpha value is -1.85. The Morgan fingerprint density at radius 3 is 2.67 bits per heavy atom. The largest absolute Gasteiger partial charge is 0.409 e. The summed E-state index contributed by atoms with van der Waals surface area (Å²) >= 11 is 0. The number of aromatic nitrogens is 2. The fraction of sp³-hybridized carbons (Fsp3) is 0.583. The van der Waals surface area contributed by atoms with Gasteiger partial charge in [0.15, 0.2) is 0 Å². The van der Waals surface area contributed by atoms with Crippen molar-refractivity contribution >= 4 is 11.7 Å². The van der Waals surface area contributed by atoms with Gasteiger partial charge in [-0.05, 0) is 12.8 Å². The highest BCUT2D eigenvalue weighted by molar-refractivity contribution is 5.80. The molecule has 0 aliphatic rings. The monoisotopic (exact) mass is 251 g/mol. The second-order valence-corrected chi connectivity index (χ2v) is 4.71. The number of nitrogens with zero attached hydrogens (tertiary/aromatic N) is 4. The quantitative estimate of drug-likeness (QED) is 0.359. The zero-order valence-electron chi connectivity index (χ0n) is 11.3. The van der Waals surface area contributed by atoms with E-state index in [0.717, 1.165) is 11.5 Å². The Bertz CT molecular complexity index is 419. The maximum atomic E-state index is 8.57. The molecule has 0 radical (unpaired) electrons. The summed E-state index contributed by atoms with van der Waals surface area (Å²) in [7, 11) is 1.93. The van der Waals surface area contributed by atoms with Gasteiger partial charge in [0.25, 0.3) is 0 Å². The molecular weight excluding hydrogens is 230 g/mol. The first kappa shape index (κ1) is 14.2. The van der Waals surface area contributed by atoms with Crippen LogP contribution in [0.4, 0.5) is 5.82 Å². The average molecular weight is 251 g/mol. The Balaban J connectivity index is 2.83. The molecule has 0 amide bonds. The van der Waals surface area contributed by atoms with Crippen LogP contribution in [0.2, 0.25) is 0 Å². The topological polar surface area (TPSA) is 87.6 Å². The van der Waals surface area contributed by atoms with Gasteiger partial charge in [0.05, 0.1) is 0 Å². The molecule has 0 fully saturated rings. The van der Waals surface area contributed by atoms with E-state index >= 15 is 0 Å². The summed E-state index contributed by atoms with van der Waals surface area (Å²) in [5.74, 6) is 1.42. The molecule has 1 heterocycles. The first-order valence-corrected chi connectivity index (χ1v) is 5.96. The van der Waals surface area contributed by atoms with E-state index in [0.29, 0.717) is 12.3 Å². The fourth-order valence-electron chi connectivity index (χ4n) is 1.58. The van der Waals surface area contributed by atoms with Gasteiger partial charge < -0.3 is 15.8 Å². The van der Waals surface area contributed by atoms with Crippen molar-refractivity contribution in [1.82, 2.24) is 9.97 Å². The number of oxime groups is 1. The van der Waals surface area contributed by atoms with Crippen molar-refractivity contribution in [2.24, 2.45) is 10.9 Å². The maximum Gasteiger partial charge on any atom is 0.141 e. The van der Waals surface area contributed by atoms with Crippen molar-refractivity contribution in [1.29, 1.82) is 0 Å². The summed E-state index contributed by atoms with van der Waals surface area (Å²) in [6, 6.07) is 2.06. The third kappa shape index (κ3) is 3.58. The smallest absolute Gasteiger partial charge is 0.141 e. The normalized spacial score (nSPS) is 13.7. The molecular formula is C12H21N5O. The minimum Gasteiger partial charge on any atom is -0.409 e. The minimum atomic E-state index is 0.0933. The SMILES string of the molecule is CC(C)c1cc(N(C)C(C)C/C(N)=N/O)ncn1. The van der Waals surface area contributed by atoms with Crippen molar-refractivity contribution in [3.63, 3.8) is 0 Å². The third-order valence-electron chi connectivity index (χ3n) is 2.92. The van der Waals surface area contributed by atoms with E-state index in [1.54, 1.807) is 6.33 Å². The van der Waals surface area contributed by atoms with Crippen LogP contribution in [0.25, 0.3) is 0 Å². The number of hydrogen-bond donors (Lipinski definition) is 2. The summed E-state index contributed by atoms with van der Waals surface area (Å²) in [5, 5.41) is 11.6. The Kier molecular flexibility index (Phi) is 4.88.